The van der Waals surface area contributed by atoms with Gasteiger partial charge < -0.3 is 15.0 Å². The standard InChI is InChI=1S/C19H27FN2O3/c1-14(2)25-11-5-10-21-19(24)16-8-9-18(23)22(13-16)12-15-6-3-4-7-17(15)20/h3-4,6-7,14,16H,5,8-13H2,1-2H3,(H,21,24)/t16-/m1/s1. The van der Waals surface area contributed by atoms with Crippen LogP contribution in [0.25, 0.3) is 0 Å². The first-order valence-corrected chi connectivity index (χ1v) is 8.88. The molecule has 6 heteroatoms. The zero-order chi connectivity index (χ0) is 18.2. The smallest absolute Gasteiger partial charge is 0.224 e. The number of benzene rings is 1. The van der Waals surface area contributed by atoms with Crippen LogP contribution in [-0.2, 0) is 20.9 Å². The van der Waals surface area contributed by atoms with Gasteiger partial charge in [0.1, 0.15) is 5.82 Å². The maximum absolute atomic E-state index is 13.8. The number of likely N-dealkylation sites (tertiary alicyclic amines) is 1. The average molecular weight is 350 g/mol. The minimum absolute atomic E-state index is 0.0300. The lowest BCUT2D eigenvalue weighted by Crippen LogP contribution is -2.45. The quantitative estimate of drug-likeness (QED) is 0.733. The Hall–Kier alpha value is -1.95. The summed E-state index contributed by atoms with van der Waals surface area (Å²) in [5, 5.41) is 2.91. The predicted octanol–water partition coefficient (Wildman–Crippen LogP) is 2.50. The summed E-state index contributed by atoms with van der Waals surface area (Å²) in [5.74, 6) is -0.643. The molecule has 1 heterocycles. The van der Waals surface area contributed by atoms with E-state index < -0.39 is 0 Å². The summed E-state index contributed by atoms with van der Waals surface area (Å²) in [4.78, 5) is 26.0. The topological polar surface area (TPSA) is 58.6 Å². The zero-order valence-electron chi connectivity index (χ0n) is 15.0. The Balaban J connectivity index is 1.81. The minimum atomic E-state index is -0.327. The Kier molecular flexibility index (Phi) is 7.37. The number of nitrogens with zero attached hydrogens (tertiary/aromatic N) is 1. The van der Waals surface area contributed by atoms with Crippen molar-refractivity contribution >= 4 is 11.8 Å². The third-order valence-electron chi connectivity index (χ3n) is 4.26. The van der Waals surface area contributed by atoms with Crippen LogP contribution in [0.15, 0.2) is 24.3 Å². The summed E-state index contributed by atoms with van der Waals surface area (Å²) >= 11 is 0. The Bertz CT molecular complexity index is 592. The van der Waals surface area contributed by atoms with E-state index in [2.05, 4.69) is 5.32 Å². The average Bonchev–Trinajstić information content (AvgIpc) is 2.58. The molecular weight excluding hydrogens is 323 g/mol. The summed E-state index contributed by atoms with van der Waals surface area (Å²) in [6.45, 7) is 5.66. The third-order valence-corrected chi connectivity index (χ3v) is 4.26. The van der Waals surface area contributed by atoms with E-state index in [-0.39, 0.29) is 36.2 Å². The second-order valence-electron chi connectivity index (χ2n) is 6.67. The highest BCUT2D eigenvalue weighted by molar-refractivity contribution is 5.83. The van der Waals surface area contributed by atoms with Crippen molar-refractivity contribution < 1.29 is 18.7 Å². The molecule has 1 atom stereocenters. The van der Waals surface area contributed by atoms with Gasteiger partial charge in [0, 0.05) is 38.2 Å². The van der Waals surface area contributed by atoms with E-state index in [1.165, 1.54) is 6.07 Å². The zero-order valence-corrected chi connectivity index (χ0v) is 15.0. The number of ether oxygens (including phenoxy) is 1. The van der Waals surface area contributed by atoms with Crippen LogP contribution < -0.4 is 5.32 Å². The lowest BCUT2D eigenvalue weighted by Gasteiger charge is -2.32. The Morgan fingerprint density at radius 3 is 2.88 bits per heavy atom. The minimum Gasteiger partial charge on any atom is -0.379 e. The van der Waals surface area contributed by atoms with Crippen molar-refractivity contribution in [3.63, 3.8) is 0 Å². The van der Waals surface area contributed by atoms with E-state index in [0.29, 0.717) is 38.1 Å². The Morgan fingerprint density at radius 2 is 2.16 bits per heavy atom. The van der Waals surface area contributed by atoms with Crippen LogP contribution >= 0.6 is 0 Å². The molecule has 0 aromatic heterocycles. The van der Waals surface area contributed by atoms with Gasteiger partial charge >= 0.3 is 0 Å². The highest BCUT2D eigenvalue weighted by Crippen LogP contribution is 2.21. The number of carbonyl (C=O) groups is 2. The molecule has 0 bridgehead atoms. The van der Waals surface area contributed by atoms with Crippen LogP contribution in [-0.4, -0.2) is 42.5 Å². The van der Waals surface area contributed by atoms with E-state index in [4.69, 9.17) is 4.74 Å². The first-order chi connectivity index (χ1) is 12.0. The van der Waals surface area contributed by atoms with Gasteiger partial charge in [0.05, 0.1) is 12.0 Å². The maximum Gasteiger partial charge on any atom is 0.224 e. The van der Waals surface area contributed by atoms with E-state index in [1.807, 2.05) is 13.8 Å². The molecule has 2 amide bonds. The molecule has 1 aliphatic heterocycles. The summed E-state index contributed by atoms with van der Waals surface area (Å²) in [6.07, 6.45) is 1.81. The molecule has 25 heavy (non-hydrogen) atoms. The molecule has 5 nitrogen and oxygen atoms in total. The number of hydrogen-bond acceptors (Lipinski definition) is 3. The van der Waals surface area contributed by atoms with Crippen molar-refractivity contribution in [3.8, 4) is 0 Å². The van der Waals surface area contributed by atoms with Gasteiger partial charge in [-0.3, -0.25) is 9.59 Å². The molecule has 2 rings (SSSR count). The summed E-state index contributed by atoms with van der Waals surface area (Å²) in [7, 11) is 0. The molecule has 0 spiro atoms. The highest BCUT2D eigenvalue weighted by Gasteiger charge is 2.30. The third kappa shape index (κ3) is 6.12. The summed E-state index contributed by atoms with van der Waals surface area (Å²) in [5.41, 5.74) is 0.475. The molecule has 1 aliphatic rings. The molecule has 1 aromatic rings. The van der Waals surface area contributed by atoms with Crippen LogP contribution in [0.2, 0.25) is 0 Å². The van der Waals surface area contributed by atoms with Crippen molar-refractivity contribution in [3.05, 3.63) is 35.6 Å². The van der Waals surface area contributed by atoms with E-state index in [0.717, 1.165) is 6.42 Å². The fourth-order valence-corrected chi connectivity index (χ4v) is 2.86. The van der Waals surface area contributed by atoms with Crippen molar-refractivity contribution in [1.82, 2.24) is 10.2 Å². The van der Waals surface area contributed by atoms with Gasteiger partial charge in [-0.2, -0.15) is 0 Å². The number of piperidine rings is 1. The summed E-state index contributed by atoms with van der Waals surface area (Å²) < 4.78 is 19.2. The number of rotatable bonds is 8. The first-order valence-electron chi connectivity index (χ1n) is 8.88. The molecular formula is C19H27FN2O3. The van der Waals surface area contributed by atoms with Gasteiger partial charge in [-0.1, -0.05) is 18.2 Å². The summed E-state index contributed by atoms with van der Waals surface area (Å²) in [6, 6.07) is 6.42. The SMILES string of the molecule is CC(C)OCCCNC(=O)[C@@H]1CCC(=O)N(Cc2ccccc2F)C1. The lowest BCUT2D eigenvalue weighted by atomic mass is 9.96. The molecule has 0 aliphatic carbocycles. The van der Waals surface area contributed by atoms with Crippen LogP contribution in [0.5, 0.6) is 0 Å². The van der Waals surface area contributed by atoms with E-state index >= 15 is 0 Å². The van der Waals surface area contributed by atoms with E-state index in [1.54, 1.807) is 23.1 Å². The van der Waals surface area contributed by atoms with Crippen molar-refractivity contribution in [2.24, 2.45) is 5.92 Å². The second kappa shape index (κ2) is 9.51. The number of amides is 2. The number of hydrogen-bond donors (Lipinski definition) is 1. The molecule has 0 radical (unpaired) electrons. The van der Waals surface area contributed by atoms with Crippen molar-refractivity contribution in [1.29, 1.82) is 0 Å². The molecule has 0 saturated carbocycles. The fraction of sp³-hybridized carbons (Fsp3) is 0.579. The predicted molar refractivity (Wildman–Crippen MR) is 93.3 cm³/mol. The molecule has 1 aromatic carbocycles. The largest absolute Gasteiger partial charge is 0.379 e. The van der Waals surface area contributed by atoms with Gasteiger partial charge in [-0.05, 0) is 32.8 Å². The number of carbonyl (C=O) groups excluding carboxylic acids is 2. The van der Waals surface area contributed by atoms with E-state index in [9.17, 15) is 14.0 Å². The van der Waals surface area contributed by atoms with Gasteiger partial charge in [-0.15, -0.1) is 0 Å². The fourth-order valence-electron chi connectivity index (χ4n) is 2.86. The maximum atomic E-state index is 13.8. The molecule has 0 unspecified atom stereocenters. The molecule has 1 fully saturated rings. The van der Waals surface area contributed by atoms with Gasteiger partial charge in [0.15, 0.2) is 0 Å². The molecule has 138 valence electrons. The Labute approximate surface area is 148 Å². The Morgan fingerprint density at radius 1 is 1.40 bits per heavy atom. The van der Waals surface area contributed by atoms with Crippen LogP contribution in [0.1, 0.15) is 38.7 Å². The van der Waals surface area contributed by atoms with Crippen molar-refractivity contribution in [2.45, 2.75) is 45.8 Å². The number of halogens is 1. The number of nitrogens with one attached hydrogen (secondary N) is 1. The molecule has 1 saturated heterocycles. The van der Waals surface area contributed by atoms with Crippen LogP contribution in [0.4, 0.5) is 4.39 Å². The van der Waals surface area contributed by atoms with Crippen LogP contribution in [0, 0.1) is 11.7 Å². The lowest BCUT2D eigenvalue weighted by molar-refractivity contribution is -0.138. The normalized spacial score (nSPS) is 17.8. The van der Waals surface area contributed by atoms with Gasteiger partial charge in [-0.25, -0.2) is 4.39 Å². The highest BCUT2D eigenvalue weighted by atomic mass is 19.1. The van der Waals surface area contributed by atoms with Crippen LogP contribution in [0.3, 0.4) is 0 Å². The van der Waals surface area contributed by atoms with Gasteiger partial charge in [0.25, 0.3) is 0 Å². The van der Waals surface area contributed by atoms with Crippen molar-refractivity contribution in [2.75, 3.05) is 19.7 Å². The monoisotopic (exact) mass is 350 g/mol. The second-order valence-corrected chi connectivity index (χ2v) is 6.67. The first kappa shape index (κ1) is 19.4. The molecule has 1 N–H and O–H groups in total. The van der Waals surface area contributed by atoms with Gasteiger partial charge in [0.2, 0.25) is 11.8 Å².